The molecule has 1 aromatic carbocycles. The minimum Gasteiger partial charge on any atom is -0.494 e. The monoisotopic (exact) mass is 325 g/mol. The number of rotatable bonds is 6. The van der Waals surface area contributed by atoms with E-state index in [1.807, 2.05) is 0 Å². The molecule has 2 rings (SSSR count). The normalized spacial score (nSPS) is 16.6. The molecule has 0 bridgehead atoms. The third-order valence-electron chi connectivity index (χ3n) is 4.06. The van der Waals surface area contributed by atoms with E-state index in [-0.39, 0.29) is 23.8 Å². The van der Waals surface area contributed by atoms with Crippen molar-refractivity contribution < 1.29 is 28.6 Å². The molecule has 0 spiro atoms. The van der Waals surface area contributed by atoms with Gasteiger partial charge in [0.05, 0.1) is 18.6 Å². The van der Waals surface area contributed by atoms with E-state index < -0.39 is 23.6 Å². The Kier molecular flexibility index (Phi) is 5.92. The first-order chi connectivity index (χ1) is 11.0. The molecular weight excluding hydrogens is 305 g/mol. The zero-order valence-electron chi connectivity index (χ0n) is 12.9. The fraction of sp³-hybridized carbons (Fsp3) is 0.500. The van der Waals surface area contributed by atoms with Crippen LogP contribution in [-0.4, -0.2) is 43.9 Å². The highest BCUT2D eigenvalue weighted by Crippen LogP contribution is 2.24. The lowest BCUT2D eigenvalue weighted by Gasteiger charge is -2.27. The molecule has 1 aromatic rings. The van der Waals surface area contributed by atoms with Crippen LogP contribution in [0.25, 0.3) is 0 Å². The summed E-state index contributed by atoms with van der Waals surface area (Å²) in [5.74, 6) is -3.18. The van der Waals surface area contributed by atoms with Gasteiger partial charge < -0.3 is 19.9 Å². The van der Waals surface area contributed by atoms with Gasteiger partial charge in [-0.1, -0.05) is 6.07 Å². The fourth-order valence-corrected chi connectivity index (χ4v) is 2.72. The topological polar surface area (TPSA) is 84.9 Å². The van der Waals surface area contributed by atoms with E-state index in [1.165, 1.54) is 25.3 Å². The van der Waals surface area contributed by atoms with Gasteiger partial charge in [0, 0.05) is 19.8 Å². The molecule has 126 valence electrons. The van der Waals surface area contributed by atoms with Crippen LogP contribution in [0.1, 0.15) is 23.2 Å². The van der Waals surface area contributed by atoms with E-state index in [0.717, 1.165) is 0 Å². The maximum atomic E-state index is 14.0. The van der Waals surface area contributed by atoms with Crippen molar-refractivity contribution >= 4 is 11.9 Å². The highest BCUT2D eigenvalue weighted by Gasteiger charge is 2.30. The summed E-state index contributed by atoms with van der Waals surface area (Å²) < 4.78 is 24.1. The molecule has 6 nitrogen and oxygen atoms in total. The molecule has 1 fully saturated rings. The van der Waals surface area contributed by atoms with Crippen LogP contribution in [0.15, 0.2) is 18.2 Å². The average molecular weight is 325 g/mol. The lowest BCUT2D eigenvalue weighted by molar-refractivity contribution is -0.144. The number of hydrogen-bond acceptors (Lipinski definition) is 4. The number of benzene rings is 1. The first-order valence-corrected chi connectivity index (χ1v) is 7.45. The van der Waals surface area contributed by atoms with Crippen LogP contribution in [0.4, 0.5) is 4.39 Å². The smallest absolute Gasteiger partial charge is 0.308 e. The maximum Gasteiger partial charge on any atom is 0.308 e. The largest absolute Gasteiger partial charge is 0.494 e. The summed E-state index contributed by atoms with van der Waals surface area (Å²) in [7, 11) is 1.31. The van der Waals surface area contributed by atoms with Gasteiger partial charge in [-0.25, -0.2) is 4.39 Å². The van der Waals surface area contributed by atoms with Gasteiger partial charge in [0.1, 0.15) is 0 Å². The molecule has 0 radical (unpaired) electrons. The van der Waals surface area contributed by atoms with Crippen LogP contribution in [0.2, 0.25) is 0 Å². The first-order valence-electron chi connectivity index (χ1n) is 7.45. The average Bonchev–Trinajstić information content (AvgIpc) is 2.55. The van der Waals surface area contributed by atoms with E-state index in [1.54, 1.807) is 0 Å². The molecule has 1 unspecified atom stereocenters. The summed E-state index contributed by atoms with van der Waals surface area (Å²) in [6.45, 7) is 0.995. The number of carbonyl (C=O) groups excluding carboxylic acids is 1. The number of halogens is 1. The quantitative estimate of drug-likeness (QED) is 0.831. The number of aliphatic carboxylic acids is 1. The number of carboxylic acids is 1. The van der Waals surface area contributed by atoms with Gasteiger partial charge in [-0.05, 0) is 30.9 Å². The Labute approximate surface area is 133 Å². The first kappa shape index (κ1) is 17.2. The van der Waals surface area contributed by atoms with E-state index in [0.29, 0.717) is 26.1 Å². The Morgan fingerprint density at radius 2 is 2.13 bits per heavy atom. The van der Waals surface area contributed by atoms with Gasteiger partial charge in [-0.15, -0.1) is 0 Å². The number of methoxy groups -OCH3 is 1. The highest BCUT2D eigenvalue weighted by molar-refractivity contribution is 5.95. The summed E-state index contributed by atoms with van der Waals surface area (Å²) in [4.78, 5) is 23.5. The number of ether oxygens (including phenoxy) is 2. The Morgan fingerprint density at radius 3 is 2.74 bits per heavy atom. The van der Waals surface area contributed by atoms with Crippen LogP contribution in [0.5, 0.6) is 5.75 Å². The Bertz CT molecular complexity index is 572. The third-order valence-corrected chi connectivity index (χ3v) is 4.06. The Morgan fingerprint density at radius 1 is 1.43 bits per heavy atom. The fourth-order valence-electron chi connectivity index (χ4n) is 2.72. The van der Waals surface area contributed by atoms with Crippen molar-refractivity contribution in [1.29, 1.82) is 0 Å². The van der Waals surface area contributed by atoms with E-state index in [9.17, 15) is 19.1 Å². The van der Waals surface area contributed by atoms with E-state index in [2.05, 4.69) is 5.32 Å². The van der Waals surface area contributed by atoms with E-state index >= 15 is 0 Å². The molecule has 1 aliphatic rings. The van der Waals surface area contributed by atoms with Gasteiger partial charge in [-0.3, -0.25) is 9.59 Å². The molecule has 1 amide bonds. The number of carboxylic acid groups (broad SMARTS) is 1. The Balaban J connectivity index is 2.03. The van der Waals surface area contributed by atoms with Crippen molar-refractivity contribution in [2.75, 3.05) is 26.9 Å². The van der Waals surface area contributed by atoms with Crippen molar-refractivity contribution in [2.24, 2.45) is 11.8 Å². The summed E-state index contributed by atoms with van der Waals surface area (Å²) in [5.41, 5.74) is -0.166. The second kappa shape index (κ2) is 7.92. The predicted octanol–water partition coefficient (Wildman–Crippen LogP) is 1.69. The molecule has 2 N–H and O–H groups in total. The van der Waals surface area contributed by atoms with Gasteiger partial charge in [0.2, 0.25) is 0 Å². The summed E-state index contributed by atoms with van der Waals surface area (Å²) in [6.07, 6.45) is 1.28. The molecule has 0 aromatic heterocycles. The molecule has 7 heteroatoms. The van der Waals surface area contributed by atoms with Crippen LogP contribution >= 0.6 is 0 Å². The van der Waals surface area contributed by atoms with Crippen molar-refractivity contribution in [3.8, 4) is 5.75 Å². The lowest BCUT2D eigenvalue weighted by Crippen LogP contribution is -2.39. The standard InChI is InChI=1S/C16H20FNO5/c1-22-13-4-2-3-11(14(13)17)15(19)18-9-12(16(20)21)10-5-7-23-8-6-10/h2-4,10,12H,5-9H2,1H3,(H,18,19)(H,20,21). The molecule has 1 atom stereocenters. The van der Waals surface area contributed by atoms with Crippen LogP contribution < -0.4 is 10.1 Å². The van der Waals surface area contributed by atoms with Crippen LogP contribution in [0.3, 0.4) is 0 Å². The van der Waals surface area contributed by atoms with Gasteiger partial charge >= 0.3 is 5.97 Å². The molecule has 23 heavy (non-hydrogen) atoms. The number of carbonyl (C=O) groups is 2. The second-order valence-electron chi connectivity index (χ2n) is 5.43. The van der Waals surface area contributed by atoms with Gasteiger partial charge in [-0.2, -0.15) is 0 Å². The highest BCUT2D eigenvalue weighted by atomic mass is 19.1. The third kappa shape index (κ3) is 4.19. The summed E-state index contributed by atoms with van der Waals surface area (Å²) >= 11 is 0. The zero-order valence-corrected chi connectivity index (χ0v) is 12.9. The van der Waals surface area contributed by atoms with Gasteiger partial charge in [0.25, 0.3) is 5.91 Å². The van der Waals surface area contributed by atoms with Crippen molar-refractivity contribution in [1.82, 2.24) is 5.32 Å². The molecular formula is C16H20FNO5. The van der Waals surface area contributed by atoms with Crippen LogP contribution in [-0.2, 0) is 9.53 Å². The minimum absolute atomic E-state index is 0.0307. The number of nitrogens with one attached hydrogen (secondary N) is 1. The zero-order chi connectivity index (χ0) is 16.8. The van der Waals surface area contributed by atoms with Crippen molar-refractivity contribution in [3.63, 3.8) is 0 Å². The van der Waals surface area contributed by atoms with E-state index in [4.69, 9.17) is 9.47 Å². The number of amides is 1. The molecule has 0 saturated carbocycles. The van der Waals surface area contributed by atoms with Crippen molar-refractivity contribution in [3.05, 3.63) is 29.6 Å². The van der Waals surface area contributed by atoms with Crippen molar-refractivity contribution in [2.45, 2.75) is 12.8 Å². The maximum absolute atomic E-state index is 14.0. The Hall–Kier alpha value is -2.15. The number of hydrogen-bond donors (Lipinski definition) is 2. The molecule has 1 aliphatic heterocycles. The molecule has 0 aliphatic carbocycles. The lowest BCUT2D eigenvalue weighted by atomic mass is 9.86. The summed E-state index contributed by atoms with van der Waals surface area (Å²) in [6, 6.07) is 4.25. The van der Waals surface area contributed by atoms with Crippen LogP contribution in [0, 0.1) is 17.7 Å². The predicted molar refractivity (Wildman–Crippen MR) is 80.0 cm³/mol. The van der Waals surface area contributed by atoms with Gasteiger partial charge in [0.15, 0.2) is 11.6 Å². The molecule has 1 saturated heterocycles. The minimum atomic E-state index is -0.969. The second-order valence-corrected chi connectivity index (χ2v) is 5.43. The molecule has 1 heterocycles. The SMILES string of the molecule is COc1cccc(C(=O)NCC(C(=O)O)C2CCOCC2)c1F. The summed E-state index contributed by atoms with van der Waals surface area (Å²) in [5, 5.41) is 11.9.